The molecule has 0 aliphatic carbocycles. The van der Waals surface area contributed by atoms with Crippen LogP contribution in [0.2, 0.25) is 5.02 Å². The van der Waals surface area contributed by atoms with Gasteiger partial charge >= 0.3 is 6.30 Å². The summed E-state index contributed by atoms with van der Waals surface area (Å²) in [5.74, 6) is -0.641. The van der Waals surface area contributed by atoms with Crippen LogP contribution in [0.15, 0.2) is 47.3 Å². The van der Waals surface area contributed by atoms with Crippen LogP contribution in [0.25, 0.3) is 33.1 Å². The van der Waals surface area contributed by atoms with Crippen LogP contribution >= 0.6 is 11.6 Å². The molecular weight excluding hydrogens is 384 g/mol. The van der Waals surface area contributed by atoms with Crippen molar-refractivity contribution < 1.29 is 17.6 Å². The van der Waals surface area contributed by atoms with Crippen molar-refractivity contribution in [2.45, 2.75) is 13.2 Å². The third-order valence-corrected chi connectivity index (χ3v) is 4.78. The Labute approximate surface area is 154 Å². The number of nitrogens with zero attached hydrogens (tertiary/aromatic N) is 1. The second-order valence-electron chi connectivity index (χ2n) is 6.15. The number of H-pyrrole nitrogens is 1. The maximum atomic E-state index is 13.9. The molecule has 0 spiro atoms. The van der Waals surface area contributed by atoms with Crippen LogP contribution in [0.3, 0.4) is 0 Å². The molecule has 1 N–H and O–H groups in total. The van der Waals surface area contributed by atoms with Crippen molar-refractivity contribution in [2.75, 3.05) is 0 Å². The third kappa shape index (κ3) is 2.70. The van der Waals surface area contributed by atoms with Gasteiger partial charge < -0.3 is 4.98 Å². The summed E-state index contributed by atoms with van der Waals surface area (Å²) < 4.78 is 55.7. The van der Waals surface area contributed by atoms with Gasteiger partial charge in [-0.15, -0.1) is 13.2 Å². The standard InChI is InChI=1S/C19H11ClF4N2O/c1-9-16-14(6-5-13-17(16)12(20)8-15(27)25-13)26(19(22,23)24)18(9)10-3-2-4-11(21)7-10/h2-8H,1H3,(H,25,27). The van der Waals surface area contributed by atoms with E-state index < -0.39 is 17.7 Å². The van der Waals surface area contributed by atoms with Gasteiger partial charge in [-0.2, -0.15) is 0 Å². The molecule has 2 aromatic carbocycles. The van der Waals surface area contributed by atoms with Crippen LogP contribution in [0, 0.1) is 12.7 Å². The summed E-state index contributed by atoms with van der Waals surface area (Å²) in [6.07, 6.45) is -4.74. The summed E-state index contributed by atoms with van der Waals surface area (Å²) in [6, 6.07) is 8.75. The number of nitrogens with one attached hydrogen (secondary N) is 1. The van der Waals surface area contributed by atoms with Crippen molar-refractivity contribution in [3.05, 3.63) is 69.2 Å². The molecule has 0 aliphatic rings. The van der Waals surface area contributed by atoms with E-state index in [4.69, 9.17) is 11.6 Å². The fraction of sp³-hybridized carbons (Fsp3) is 0.105. The van der Waals surface area contributed by atoms with Crippen molar-refractivity contribution in [1.82, 2.24) is 9.55 Å². The maximum absolute atomic E-state index is 13.9. The maximum Gasteiger partial charge on any atom is 0.489 e. The molecule has 2 heterocycles. The normalized spacial score (nSPS) is 12.2. The first-order valence-corrected chi connectivity index (χ1v) is 8.26. The molecule has 138 valence electrons. The van der Waals surface area contributed by atoms with Gasteiger partial charge in [-0.25, -0.2) is 4.39 Å². The van der Waals surface area contributed by atoms with E-state index in [-0.39, 0.29) is 37.3 Å². The zero-order valence-electron chi connectivity index (χ0n) is 13.8. The van der Waals surface area contributed by atoms with Crippen molar-refractivity contribution >= 4 is 33.4 Å². The summed E-state index contributed by atoms with van der Waals surface area (Å²) in [6.45, 7) is 1.52. The van der Waals surface area contributed by atoms with Crippen LogP contribution in [0.1, 0.15) is 5.56 Å². The lowest BCUT2D eigenvalue weighted by molar-refractivity contribution is -0.199. The first-order valence-electron chi connectivity index (χ1n) is 7.88. The van der Waals surface area contributed by atoms with E-state index in [1.54, 1.807) is 0 Å². The van der Waals surface area contributed by atoms with Gasteiger partial charge in [0.1, 0.15) is 5.82 Å². The van der Waals surface area contributed by atoms with Crippen LogP contribution in [-0.2, 0) is 6.30 Å². The molecule has 0 atom stereocenters. The molecule has 4 aromatic rings. The quantitative estimate of drug-likeness (QED) is 0.411. The minimum absolute atomic E-state index is 0.0487. The number of alkyl halides is 3. The Kier molecular flexibility index (Phi) is 3.82. The van der Waals surface area contributed by atoms with E-state index >= 15 is 0 Å². The molecule has 0 aliphatic heterocycles. The number of aromatic nitrogens is 2. The number of hydrogen-bond acceptors (Lipinski definition) is 1. The van der Waals surface area contributed by atoms with Crippen LogP contribution in [-0.4, -0.2) is 9.55 Å². The zero-order chi connectivity index (χ0) is 19.5. The van der Waals surface area contributed by atoms with Crippen molar-refractivity contribution in [3.63, 3.8) is 0 Å². The summed E-state index contributed by atoms with van der Waals surface area (Å²) in [4.78, 5) is 14.2. The summed E-state index contributed by atoms with van der Waals surface area (Å²) in [5, 5.41) is 0.616. The van der Waals surface area contributed by atoms with Crippen molar-refractivity contribution in [2.24, 2.45) is 0 Å². The van der Waals surface area contributed by atoms with Gasteiger partial charge in [0.2, 0.25) is 5.56 Å². The second kappa shape index (κ2) is 5.85. The summed E-state index contributed by atoms with van der Waals surface area (Å²) in [5.41, 5.74) is -0.0481. The monoisotopic (exact) mass is 394 g/mol. The lowest BCUT2D eigenvalue weighted by Gasteiger charge is -2.15. The molecule has 2 aromatic heterocycles. The molecule has 27 heavy (non-hydrogen) atoms. The zero-order valence-corrected chi connectivity index (χ0v) is 14.5. The topological polar surface area (TPSA) is 37.8 Å². The van der Waals surface area contributed by atoms with Gasteiger partial charge in [-0.3, -0.25) is 9.36 Å². The lowest BCUT2D eigenvalue weighted by atomic mass is 10.0. The van der Waals surface area contributed by atoms with Gasteiger partial charge in [-0.1, -0.05) is 23.7 Å². The molecule has 0 radical (unpaired) electrons. The van der Waals surface area contributed by atoms with Crippen LogP contribution in [0.4, 0.5) is 17.6 Å². The van der Waals surface area contributed by atoms with Gasteiger partial charge in [0.05, 0.1) is 21.7 Å². The number of aromatic amines is 1. The third-order valence-electron chi connectivity index (χ3n) is 4.48. The Bertz CT molecular complexity index is 1270. The highest BCUT2D eigenvalue weighted by atomic mass is 35.5. The lowest BCUT2D eigenvalue weighted by Crippen LogP contribution is -2.17. The average Bonchev–Trinajstić information content (AvgIpc) is 2.87. The van der Waals surface area contributed by atoms with Gasteiger partial charge in [0.25, 0.3) is 0 Å². The highest BCUT2D eigenvalue weighted by Gasteiger charge is 2.37. The Balaban J connectivity index is 2.26. The Morgan fingerprint density at radius 3 is 2.48 bits per heavy atom. The van der Waals surface area contributed by atoms with Crippen molar-refractivity contribution in [3.8, 4) is 11.3 Å². The number of aryl methyl sites for hydroxylation is 1. The largest absolute Gasteiger partial charge is 0.489 e. The number of pyridine rings is 1. The van der Waals surface area contributed by atoms with E-state index in [0.29, 0.717) is 10.9 Å². The number of hydrogen-bond donors (Lipinski definition) is 1. The number of rotatable bonds is 1. The van der Waals surface area contributed by atoms with E-state index in [9.17, 15) is 22.4 Å². The van der Waals surface area contributed by atoms with E-state index in [1.165, 1.54) is 31.2 Å². The predicted molar refractivity (Wildman–Crippen MR) is 96.5 cm³/mol. The fourth-order valence-electron chi connectivity index (χ4n) is 3.52. The summed E-state index contributed by atoms with van der Waals surface area (Å²) in [7, 11) is 0. The molecule has 8 heteroatoms. The minimum atomic E-state index is -4.74. The van der Waals surface area contributed by atoms with Crippen molar-refractivity contribution in [1.29, 1.82) is 0 Å². The van der Waals surface area contributed by atoms with Gasteiger partial charge in [0.15, 0.2) is 0 Å². The SMILES string of the molecule is Cc1c(-c2cccc(F)c2)n(C(F)(F)F)c2ccc3[nH]c(=O)cc(Cl)c3c12. The Morgan fingerprint density at radius 1 is 1.07 bits per heavy atom. The highest BCUT2D eigenvalue weighted by Crippen LogP contribution is 2.43. The van der Waals surface area contributed by atoms with Gasteiger partial charge in [-0.05, 0) is 36.8 Å². The number of halogens is 5. The molecule has 4 rings (SSSR count). The summed E-state index contributed by atoms with van der Waals surface area (Å²) >= 11 is 6.19. The Hall–Kier alpha value is -2.80. The van der Waals surface area contributed by atoms with Crippen LogP contribution < -0.4 is 5.56 Å². The van der Waals surface area contributed by atoms with Crippen LogP contribution in [0.5, 0.6) is 0 Å². The molecule has 0 bridgehead atoms. The molecule has 0 unspecified atom stereocenters. The second-order valence-corrected chi connectivity index (χ2v) is 6.56. The fourth-order valence-corrected chi connectivity index (χ4v) is 3.81. The number of benzene rings is 2. The molecular formula is C19H11ClF4N2O. The smallest absolute Gasteiger partial charge is 0.322 e. The molecule has 3 nitrogen and oxygen atoms in total. The molecule has 0 fully saturated rings. The predicted octanol–water partition coefficient (Wildman–Crippen LogP) is 5.73. The first kappa shape index (κ1) is 17.6. The molecule has 0 saturated heterocycles. The molecule has 0 saturated carbocycles. The molecule has 0 amide bonds. The number of fused-ring (bicyclic) bond motifs is 3. The average molecular weight is 395 g/mol. The van der Waals surface area contributed by atoms with E-state index in [1.807, 2.05) is 0 Å². The van der Waals surface area contributed by atoms with Gasteiger partial charge in [0, 0.05) is 22.4 Å². The highest BCUT2D eigenvalue weighted by molar-refractivity contribution is 6.37. The minimum Gasteiger partial charge on any atom is -0.322 e. The first-order chi connectivity index (χ1) is 12.7. The van der Waals surface area contributed by atoms with E-state index in [2.05, 4.69) is 4.98 Å². The van der Waals surface area contributed by atoms with E-state index in [0.717, 1.165) is 18.2 Å². The Morgan fingerprint density at radius 2 is 1.81 bits per heavy atom.